The van der Waals surface area contributed by atoms with E-state index in [9.17, 15) is 9.59 Å². The smallest absolute Gasteiger partial charge is 0.263 e. The van der Waals surface area contributed by atoms with E-state index < -0.39 is 8.07 Å². The Labute approximate surface area is 548 Å². The van der Waals surface area contributed by atoms with Gasteiger partial charge in [-0.1, -0.05) is 287 Å². The molecule has 7 heterocycles. The Kier molecular flexibility index (Phi) is 31.6. The molecule has 0 aromatic carbocycles. The van der Waals surface area contributed by atoms with Crippen LogP contribution in [0.4, 0.5) is 0 Å². The summed E-state index contributed by atoms with van der Waals surface area (Å²) in [6, 6.07) is 7.51. The quantitative estimate of drug-likeness (QED) is 0.0251. The van der Waals surface area contributed by atoms with Gasteiger partial charge in [0.25, 0.3) is 23.6 Å². The molecule has 6 nitrogen and oxygen atoms in total. The number of rotatable bonds is 50. The number of hydrogen-bond acceptors (Lipinski definition) is 8. The summed E-state index contributed by atoms with van der Waals surface area (Å²) in [6.07, 6.45) is 49.6. The van der Waals surface area contributed by atoms with Gasteiger partial charge >= 0.3 is 0 Å². The molecule has 4 amide bonds. The first-order valence-corrected chi connectivity index (χ1v) is 42.6. The van der Waals surface area contributed by atoms with Gasteiger partial charge < -0.3 is 0 Å². The summed E-state index contributed by atoms with van der Waals surface area (Å²) in [5, 5.41) is 7.14. The lowest BCUT2D eigenvalue weighted by molar-refractivity contribution is 0.0607. The molecule has 0 N–H and O–H groups in total. The number of carbonyl (C=O) groups excluding carboxylic acids is 4. The van der Waals surface area contributed by atoms with Gasteiger partial charge in [-0.05, 0) is 83.9 Å². The van der Waals surface area contributed by atoms with Gasteiger partial charge in [-0.3, -0.25) is 29.0 Å². The number of imide groups is 2. The molecule has 0 saturated carbocycles. The van der Waals surface area contributed by atoms with E-state index in [1.54, 1.807) is 42.8 Å². The fourth-order valence-corrected chi connectivity index (χ4v) is 27.9. The monoisotopic (exact) mass is 1280 g/mol. The maximum atomic E-state index is 15.0. The fourth-order valence-electron chi connectivity index (χ4n) is 15.2. The van der Waals surface area contributed by atoms with Crippen molar-refractivity contribution in [1.29, 1.82) is 0 Å². The highest BCUT2D eigenvalue weighted by atomic mass is 32.1. The van der Waals surface area contributed by atoms with E-state index >= 15 is 9.59 Å². The molecular weight excluding hydrogens is 1160 g/mol. The third-order valence-electron chi connectivity index (χ3n) is 20.7. The van der Waals surface area contributed by atoms with Gasteiger partial charge in [0.1, 0.15) is 8.07 Å². The zero-order chi connectivity index (χ0) is 62.0. The van der Waals surface area contributed by atoms with Crippen molar-refractivity contribution < 1.29 is 19.2 Å². The Bertz CT molecular complexity index is 2510. The van der Waals surface area contributed by atoms with Crippen molar-refractivity contribution in [1.82, 2.24) is 9.80 Å². The molecule has 11 heteroatoms. The zero-order valence-corrected chi connectivity index (χ0v) is 60.7. The molecule has 0 bridgehead atoms. The number of nitrogens with zero attached hydrogens (tertiary/aromatic N) is 2. The highest BCUT2D eigenvalue weighted by Crippen LogP contribution is 2.52. The summed E-state index contributed by atoms with van der Waals surface area (Å²) in [5.74, 6) is 1.54. The lowest BCUT2D eigenvalue weighted by atomic mass is 9.93. The van der Waals surface area contributed by atoms with Crippen LogP contribution < -0.4 is 10.4 Å². The molecular formula is C76H120N2O4S4Si. The van der Waals surface area contributed by atoms with Crippen LogP contribution >= 0.6 is 45.3 Å². The number of fused-ring (bicyclic) bond motifs is 5. The Morgan fingerprint density at radius 1 is 0.345 bits per heavy atom. The van der Waals surface area contributed by atoms with Crippen LogP contribution in [-0.4, -0.2) is 54.6 Å². The number of unbranched alkanes of at least 4 members (excludes halogenated alkanes) is 26. The maximum Gasteiger partial charge on any atom is 0.263 e. The van der Waals surface area contributed by atoms with Crippen molar-refractivity contribution in [3.63, 3.8) is 0 Å². The van der Waals surface area contributed by atoms with Crippen LogP contribution in [0.25, 0.3) is 29.3 Å². The van der Waals surface area contributed by atoms with Crippen molar-refractivity contribution in [2.75, 3.05) is 13.1 Å². The molecule has 0 saturated heterocycles. The first-order chi connectivity index (χ1) is 42.5. The van der Waals surface area contributed by atoms with E-state index in [4.69, 9.17) is 0 Å². The Morgan fingerprint density at radius 2 is 0.632 bits per heavy atom. The number of carbonyl (C=O) groups is 4. The molecule has 3 aliphatic heterocycles. The van der Waals surface area contributed by atoms with E-state index in [0.717, 1.165) is 58.0 Å². The minimum atomic E-state index is -2.51. The van der Waals surface area contributed by atoms with E-state index in [1.807, 2.05) is 33.4 Å². The van der Waals surface area contributed by atoms with Gasteiger partial charge in [-0.25, -0.2) is 0 Å². The van der Waals surface area contributed by atoms with Gasteiger partial charge in [-0.15, -0.1) is 45.3 Å². The predicted octanol–water partition coefficient (Wildman–Crippen LogP) is 24.2. The second-order valence-electron chi connectivity index (χ2n) is 27.6. The van der Waals surface area contributed by atoms with Crippen LogP contribution in [-0.2, 0) is 0 Å². The lowest BCUT2D eigenvalue weighted by Gasteiger charge is -2.35. The average molecular weight is 1280 g/mol. The van der Waals surface area contributed by atoms with Crippen LogP contribution in [0.15, 0.2) is 22.9 Å². The summed E-state index contributed by atoms with van der Waals surface area (Å²) in [4.78, 5) is 69.6. The van der Waals surface area contributed by atoms with Crippen LogP contribution in [0.3, 0.4) is 0 Å². The highest BCUT2D eigenvalue weighted by molar-refractivity contribution is 7.33. The largest absolute Gasteiger partial charge is 0.274 e. The van der Waals surface area contributed by atoms with Crippen LogP contribution in [0.5, 0.6) is 0 Å². The van der Waals surface area contributed by atoms with E-state index in [1.165, 1.54) is 240 Å². The first-order valence-electron chi connectivity index (χ1n) is 36.8. The normalized spacial score (nSPS) is 16.8. The van der Waals surface area contributed by atoms with Crippen molar-refractivity contribution in [2.24, 2.45) is 23.7 Å². The minimum Gasteiger partial charge on any atom is -0.274 e. The first kappa shape index (κ1) is 71.7. The second-order valence-corrected chi connectivity index (χ2v) is 35.5. The van der Waals surface area contributed by atoms with Gasteiger partial charge in [-0.2, -0.15) is 0 Å². The van der Waals surface area contributed by atoms with E-state index in [-0.39, 0.29) is 23.6 Å². The topological polar surface area (TPSA) is 74.8 Å². The Morgan fingerprint density at radius 3 is 0.931 bits per heavy atom. The van der Waals surface area contributed by atoms with Gasteiger partial charge in [0.15, 0.2) is 0 Å². The number of hydrogen-bond donors (Lipinski definition) is 0. The molecule has 0 radical (unpaired) electrons. The number of thiophene rings is 4. The Hall–Kier alpha value is -2.70. The molecule has 486 valence electrons. The average Bonchev–Trinajstić information content (AvgIpc) is 1.55. The van der Waals surface area contributed by atoms with Gasteiger partial charge in [0.2, 0.25) is 0 Å². The summed E-state index contributed by atoms with van der Waals surface area (Å²) in [6.45, 7) is 19.7. The van der Waals surface area contributed by atoms with Crippen molar-refractivity contribution in [3.8, 4) is 29.3 Å². The second kappa shape index (κ2) is 38.3. The van der Waals surface area contributed by atoms with Crippen molar-refractivity contribution in [3.05, 3.63) is 45.1 Å². The maximum absolute atomic E-state index is 15.0. The van der Waals surface area contributed by atoms with E-state index in [2.05, 4.69) is 67.5 Å². The number of amides is 4. The third kappa shape index (κ3) is 19.2. The summed E-state index contributed by atoms with van der Waals surface area (Å²) in [7, 11) is -2.51. The molecule has 0 fully saturated rings. The zero-order valence-electron chi connectivity index (χ0n) is 56.4. The fraction of sp³-hybridized carbons (Fsp3) is 0.737. The van der Waals surface area contributed by atoms with Gasteiger partial charge in [0.05, 0.1) is 32.0 Å². The highest BCUT2D eigenvalue weighted by Gasteiger charge is 2.51. The lowest BCUT2D eigenvalue weighted by Crippen LogP contribution is -2.56. The SMILES string of the molecule is CCCCCCCCCCC(CCCCCCCC)CN1C(=O)c2csc(-c3cc4c(s3)-c3sc(-c5scc6c5C(=O)N(CC(CCCCCCCC)CCCCCCCCCC)C6=O)cc3[Si]4(CC(CC)CCCC)CC(CC)CCCC)c2C1=O. The van der Waals surface area contributed by atoms with E-state index in [0.29, 0.717) is 59.0 Å². The minimum absolute atomic E-state index is 0.0794. The standard InChI is InChI=1S/C76H120N2O4S4Si/c1-9-17-23-27-31-33-37-41-47-59(45-39-35-29-25-19-11-3)51-77-73(79)61-53-83-69(67(61)75(77)81)63-49-65-71(85-63)72-66(87(65,55-57(15-7)43-21-13-5)56-58(16-8)44-22-14-6)50-64(86-72)70-68-62(54-84-70)74(80)78(76(68)82)52-60(46-40-36-30-26-20-12-4)48-42-38-34-32-28-24-18-10-2/h49-50,53-54,57-60H,9-48,51-52,55-56H2,1-8H3. The molecule has 4 aromatic rings. The Balaban J connectivity index is 1.20. The summed E-state index contributed by atoms with van der Waals surface area (Å²) >= 11 is 6.96. The third-order valence-corrected chi connectivity index (χ3v) is 31.2. The molecule has 4 atom stereocenters. The molecule has 7 rings (SSSR count). The molecule has 4 unspecified atom stereocenters. The molecule has 0 aliphatic carbocycles. The summed E-state index contributed by atoms with van der Waals surface area (Å²) < 4.78 is 0. The van der Waals surface area contributed by atoms with Gasteiger partial charge in [0, 0.05) is 43.4 Å². The molecule has 3 aliphatic rings. The van der Waals surface area contributed by atoms with Crippen LogP contribution in [0.1, 0.15) is 354 Å². The van der Waals surface area contributed by atoms with Crippen molar-refractivity contribution >= 4 is 87.4 Å². The van der Waals surface area contributed by atoms with Crippen molar-refractivity contribution in [2.45, 2.75) is 324 Å². The molecule has 4 aromatic heterocycles. The molecule has 0 spiro atoms. The predicted molar refractivity (Wildman–Crippen MR) is 384 cm³/mol. The van der Waals surface area contributed by atoms with Crippen LogP contribution in [0, 0.1) is 23.7 Å². The van der Waals surface area contributed by atoms with Crippen LogP contribution in [0.2, 0.25) is 12.1 Å². The summed E-state index contributed by atoms with van der Waals surface area (Å²) in [5.41, 5.74) is 2.51. The molecule has 87 heavy (non-hydrogen) atoms.